The Morgan fingerprint density at radius 3 is 2.12 bits per heavy atom. The molecule has 1 saturated carbocycles. The maximum Gasteiger partial charge on any atom is 0.333 e. The third-order valence-electron chi connectivity index (χ3n) is 3.00. The number of allylic oxidation sites excluding steroid dienone is 1. The molecular formula is C8H4Cl6O2. The standard InChI is InChI=1S/C8H4Cl6O2/c9-4-3(5(15)16)2-1-6(4,10)8(13,14)7(2,11)12/h2H,1H2,(H,15,16). The molecule has 0 amide bonds. The number of alkyl halides is 5. The van der Waals surface area contributed by atoms with Crippen molar-refractivity contribution in [3.63, 3.8) is 0 Å². The molecule has 1 fully saturated rings. The van der Waals surface area contributed by atoms with Crippen molar-refractivity contribution in [3.8, 4) is 0 Å². The maximum atomic E-state index is 11.0. The lowest BCUT2D eigenvalue weighted by Crippen LogP contribution is -2.50. The van der Waals surface area contributed by atoms with E-state index in [2.05, 4.69) is 0 Å². The van der Waals surface area contributed by atoms with E-state index in [9.17, 15) is 4.79 Å². The predicted molar refractivity (Wildman–Crippen MR) is 66.1 cm³/mol. The van der Waals surface area contributed by atoms with Gasteiger partial charge in [0.1, 0.15) is 4.87 Å². The zero-order valence-corrected chi connectivity index (χ0v) is 11.9. The zero-order chi connectivity index (χ0) is 12.5. The van der Waals surface area contributed by atoms with E-state index in [1.165, 1.54) is 0 Å². The molecule has 16 heavy (non-hydrogen) atoms. The smallest absolute Gasteiger partial charge is 0.333 e. The molecule has 0 spiro atoms. The summed E-state index contributed by atoms with van der Waals surface area (Å²) >= 11 is 36.1. The van der Waals surface area contributed by atoms with E-state index < -0.39 is 25.4 Å². The summed E-state index contributed by atoms with van der Waals surface area (Å²) in [6.45, 7) is 0. The van der Waals surface area contributed by atoms with Crippen LogP contribution in [0.15, 0.2) is 10.6 Å². The molecule has 1 N–H and O–H groups in total. The highest BCUT2D eigenvalue weighted by Crippen LogP contribution is 2.73. The molecule has 2 nitrogen and oxygen atoms in total. The first kappa shape index (κ1) is 13.4. The van der Waals surface area contributed by atoms with Gasteiger partial charge in [0.15, 0.2) is 8.67 Å². The molecule has 0 saturated heterocycles. The minimum absolute atomic E-state index is 0.0893. The van der Waals surface area contributed by atoms with Crippen molar-refractivity contribution in [2.45, 2.75) is 20.0 Å². The highest BCUT2D eigenvalue weighted by molar-refractivity contribution is 6.68. The Morgan fingerprint density at radius 1 is 1.25 bits per heavy atom. The Labute approximate surface area is 121 Å². The number of aliphatic carboxylic acids is 1. The molecule has 0 aromatic carbocycles. The summed E-state index contributed by atoms with van der Waals surface area (Å²) < 4.78 is -3.41. The molecule has 2 aliphatic rings. The number of hydrogen-bond acceptors (Lipinski definition) is 1. The van der Waals surface area contributed by atoms with Gasteiger partial charge in [0.05, 0.1) is 10.6 Å². The monoisotopic (exact) mass is 342 g/mol. The highest BCUT2D eigenvalue weighted by Gasteiger charge is 2.77. The lowest BCUT2D eigenvalue weighted by molar-refractivity contribution is -0.133. The van der Waals surface area contributed by atoms with Crippen LogP contribution in [0.1, 0.15) is 6.42 Å². The van der Waals surface area contributed by atoms with Gasteiger partial charge in [-0.1, -0.05) is 58.0 Å². The van der Waals surface area contributed by atoms with Gasteiger partial charge in [0, 0.05) is 5.92 Å². The topological polar surface area (TPSA) is 37.3 Å². The minimum atomic E-state index is -1.73. The van der Waals surface area contributed by atoms with Crippen LogP contribution >= 0.6 is 69.6 Å². The van der Waals surface area contributed by atoms with Gasteiger partial charge in [-0.3, -0.25) is 0 Å². The number of fused-ring (bicyclic) bond motifs is 2. The van der Waals surface area contributed by atoms with Crippen LogP contribution in [0.4, 0.5) is 0 Å². The van der Waals surface area contributed by atoms with Gasteiger partial charge in [-0.05, 0) is 6.42 Å². The average molecular weight is 345 g/mol. The summed E-state index contributed by atoms with van der Waals surface area (Å²) in [7, 11) is 0. The zero-order valence-electron chi connectivity index (χ0n) is 7.41. The van der Waals surface area contributed by atoms with Gasteiger partial charge in [-0.2, -0.15) is 0 Å². The number of carbonyl (C=O) groups is 1. The van der Waals surface area contributed by atoms with E-state index in [-0.39, 0.29) is 17.0 Å². The maximum absolute atomic E-state index is 11.0. The van der Waals surface area contributed by atoms with Gasteiger partial charge >= 0.3 is 5.97 Å². The van der Waals surface area contributed by atoms with Gasteiger partial charge in [-0.25, -0.2) is 4.79 Å². The van der Waals surface area contributed by atoms with Crippen molar-refractivity contribution >= 4 is 75.6 Å². The van der Waals surface area contributed by atoms with E-state index >= 15 is 0 Å². The second-order valence-corrected chi connectivity index (χ2v) is 7.52. The van der Waals surface area contributed by atoms with Gasteiger partial charge in [-0.15, -0.1) is 11.6 Å². The largest absolute Gasteiger partial charge is 0.478 e. The van der Waals surface area contributed by atoms with Gasteiger partial charge in [0.25, 0.3) is 0 Å². The van der Waals surface area contributed by atoms with Crippen LogP contribution in [0.3, 0.4) is 0 Å². The second kappa shape index (κ2) is 3.49. The molecule has 2 unspecified atom stereocenters. The van der Waals surface area contributed by atoms with Gasteiger partial charge in [0.2, 0.25) is 0 Å². The SMILES string of the molecule is O=C(O)C1=C(Cl)C2(Cl)CC1C(Cl)(Cl)C2(Cl)Cl. The Bertz CT molecular complexity index is 415. The summed E-state index contributed by atoms with van der Waals surface area (Å²) in [5, 5.41) is 8.93. The fourth-order valence-electron chi connectivity index (χ4n) is 2.14. The van der Waals surface area contributed by atoms with E-state index in [1.807, 2.05) is 0 Å². The number of carboxylic acid groups (broad SMARTS) is 1. The summed E-state index contributed by atoms with van der Waals surface area (Å²) in [6.07, 6.45) is 0.106. The molecule has 0 aromatic heterocycles. The molecule has 0 aromatic rings. The second-order valence-electron chi connectivity index (χ2n) is 3.79. The summed E-state index contributed by atoms with van der Waals surface area (Å²) in [6, 6.07) is 0. The number of hydrogen-bond donors (Lipinski definition) is 1. The molecule has 2 aliphatic carbocycles. The highest BCUT2D eigenvalue weighted by atomic mass is 35.5. The van der Waals surface area contributed by atoms with Crippen molar-refractivity contribution in [2.75, 3.05) is 0 Å². The van der Waals surface area contributed by atoms with E-state index in [0.29, 0.717) is 0 Å². The Morgan fingerprint density at radius 2 is 1.75 bits per heavy atom. The number of rotatable bonds is 1. The van der Waals surface area contributed by atoms with Crippen molar-refractivity contribution in [1.82, 2.24) is 0 Å². The number of halogens is 6. The van der Waals surface area contributed by atoms with E-state index in [1.54, 1.807) is 0 Å². The average Bonchev–Trinajstić information content (AvgIpc) is 2.46. The Kier molecular flexibility index (Phi) is 2.92. The minimum Gasteiger partial charge on any atom is -0.478 e. The van der Waals surface area contributed by atoms with E-state index in [4.69, 9.17) is 74.7 Å². The summed E-state index contributed by atoms with van der Waals surface area (Å²) in [5.74, 6) is -2.00. The third kappa shape index (κ3) is 1.27. The molecule has 90 valence electrons. The third-order valence-corrected chi connectivity index (χ3v) is 7.17. The van der Waals surface area contributed by atoms with Gasteiger partial charge < -0.3 is 5.11 Å². The van der Waals surface area contributed by atoms with Crippen LogP contribution in [0.25, 0.3) is 0 Å². The lowest BCUT2D eigenvalue weighted by atomic mass is 9.96. The Hall–Kier alpha value is 0.950. The quantitative estimate of drug-likeness (QED) is 0.732. The molecule has 2 bridgehead atoms. The molecule has 0 radical (unpaired) electrons. The van der Waals surface area contributed by atoms with Crippen LogP contribution in [-0.2, 0) is 4.79 Å². The Balaban J connectivity index is 2.68. The number of carboxylic acids is 1. The van der Waals surface area contributed by atoms with Crippen molar-refractivity contribution in [3.05, 3.63) is 10.6 Å². The molecule has 8 heteroatoms. The van der Waals surface area contributed by atoms with Crippen LogP contribution < -0.4 is 0 Å². The first-order valence-corrected chi connectivity index (χ1v) is 6.42. The summed E-state index contributed by atoms with van der Waals surface area (Å²) in [4.78, 5) is 9.59. The van der Waals surface area contributed by atoms with Crippen LogP contribution in [-0.4, -0.2) is 24.6 Å². The predicted octanol–water partition coefficient (Wildman–Crippen LogP) is 3.92. The van der Waals surface area contributed by atoms with Crippen LogP contribution in [0.5, 0.6) is 0 Å². The van der Waals surface area contributed by atoms with Crippen LogP contribution in [0.2, 0.25) is 0 Å². The van der Waals surface area contributed by atoms with E-state index in [0.717, 1.165) is 0 Å². The fraction of sp³-hybridized carbons (Fsp3) is 0.625. The van der Waals surface area contributed by atoms with Crippen molar-refractivity contribution in [1.29, 1.82) is 0 Å². The van der Waals surface area contributed by atoms with Crippen LogP contribution in [0, 0.1) is 5.92 Å². The van der Waals surface area contributed by atoms with Crippen molar-refractivity contribution < 1.29 is 9.90 Å². The fourth-order valence-corrected chi connectivity index (χ4v) is 4.47. The summed E-state index contributed by atoms with van der Waals surface area (Å²) in [5.41, 5.74) is -0.112. The first-order chi connectivity index (χ1) is 7.07. The van der Waals surface area contributed by atoms with Crippen molar-refractivity contribution in [2.24, 2.45) is 5.92 Å². The lowest BCUT2D eigenvalue weighted by Gasteiger charge is -2.40. The molecule has 0 aliphatic heterocycles. The molecule has 0 heterocycles. The normalized spacial score (nSPS) is 39.2. The molecular weight excluding hydrogens is 341 g/mol. The first-order valence-electron chi connectivity index (χ1n) is 4.15. The molecule has 2 atom stereocenters. The molecule has 2 rings (SSSR count).